The van der Waals surface area contributed by atoms with Crippen LogP contribution in [0.3, 0.4) is 0 Å². The third-order valence-corrected chi connectivity index (χ3v) is 3.66. The minimum atomic E-state index is 0.0628. The van der Waals surface area contributed by atoms with Gasteiger partial charge >= 0.3 is 0 Å². The second-order valence-corrected chi connectivity index (χ2v) is 5.35. The molecule has 1 atom stereocenters. The Kier molecular flexibility index (Phi) is 5.61. The summed E-state index contributed by atoms with van der Waals surface area (Å²) in [6.07, 6.45) is 0.653. The van der Waals surface area contributed by atoms with Crippen molar-refractivity contribution >= 4 is 5.88 Å². The van der Waals surface area contributed by atoms with Gasteiger partial charge in [-0.15, -0.1) is 0 Å². The minimum Gasteiger partial charge on any atom is -0.496 e. The van der Waals surface area contributed by atoms with Gasteiger partial charge in [0.2, 0.25) is 11.6 Å². The molecule has 0 radical (unpaired) electrons. The summed E-state index contributed by atoms with van der Waals surface area (Å²) in [5.41, 5.74) is 1.36. The van der Waals surface area contributed by atoms with Crippen LogP contribution in [0.2, 0.25) is 0 Å². The Hall–Kier alpha value is -2.52. The molecule has 122 valence electrons. The Balaban J connectivity index is 2.21. The highest BCUT2D eigenvalue weighted by Gasteiger charge is 2.20. The second kappa shape index (κ2) is 7.65. The predicted molar refractivity (Wildman–Crippen MR) is 88.5 cm³/mol. The lowest BCUT2D eigenvalue weighted by molar-refractivity contribution is 0.298. The number of nitrogens with one attached hydrogen (secondary N) is 1. The third kappa shape index (κ3) is 3.82. The van der Waals surface area contributed by atoms with Crippen molar-refractivity contribution in [1.82, 2.24) is 9.88 Å². The largest absolute Gasteiger partial charge is 0.496 e. The molecule has 1 aromatic carbocycles. The number of anilines is 1. The molecule has 0 aliphatic heterocycles. The van der Waals surface area contributed by atoms with E-state index in [-0.39, 0.29) is 6.04 Å². The van der Waals surface area contributed by atoms with Gasteiger partial charge in [0.1, 0.15) is 11.8 Å². The number of nitriles is 1. The van der Waals surface area contributed by atoms with Crippen molar-refractivity contribution in [3.63, 3.8) is 0 Å². The lowest BCUT2D eigenvalue weighted by Gasteiger charge is -2.26. The molecular weight excluding hydrogens is 292 g/mol. The number of aromatic nitrogens is 1. The van der Waals surface area contributed by atoms with Gasteiger partial charge in [0.05, 0.1) is 13.2 Å². The summed E-state index contributed by atoms with van der Waals surface area (Å²) in [4.78, 5) is 6.24. The molecular formula is C17H22N4O2. The molecule has 2 rings (SSSR count). The molecule has 0 bridgehead atoms. The third-order valence-electron chi connectivity index (χ3n) is 3.66. The van der Waals surface area contributed by atoms with E-state index in [1.54, 1.807) is 7.11 Å². The maximum absolute atomic E-state index is 9.16. The highest BCUT2D eigenvalue weighted by atomic mass is 16.5. The topological polar surface area (TPSA) is 74.3 Å². The Morgan fingerprint density at radius 3 is 2.74 bits per heavy atom. The number of hydrogen-bond acceptors (Lipinski definition) is 6. The molecule has 0 spiro atoms. The van der Waals surface area contributed by atoms with Crippen LogP contribution in [0.4, 0.5) is 5.88 Å². The lowest BCUT2D eigenvalue weighted by atomic mass is 10.0. The summed E-state index contributed by atoms with van der Waals surface area (Å²) < 4.78 is 11.0. The molecule has 2 aromatic rings. The fourth-order valence-corrected chi connectivity index (χ4v) is 2.41. The number of hydrogen-bond donors (Lipinski definition) is 1. The summed E-state index contributed by atoms with van der Waals surface area (Å²) in [6.45, 7) is 2.51. The average molecular weight is 314 g/mol. The molecule has 1 N–H and O–H groups in total. The van der Waals surface area contributed by atoms with Gasteiger partial charge < -0.3 is 19.4 Å². The van der Waals surface area contributed by atoms with Crippen LogP contribution in [0.25, 0.3) is 0 Å². The van der Waals surface area contributed by atoms with Crippen LogP contribution in [-0.2, 0) is 6.42 Å². The van der Waals surface area contributed by atoms with Gasteiger partial charge in [-0.1, -0.05) is 25.1 Å². The number of oxazole rings is 1. The Labute approximate surface area is 136 Å². The Morgan fingerprint density at radius 2 is 2.13 bits per heavy atom. The standard InChI is InChI=1S/C17H22N4O2/c1-5-16-20-13(10-18)17(23-16)19-11-14(21(2)3)12-8-6-7-9-15(12)22-4/h6-9,14,19H,5,11H2,1-4H3. The van der Waals surface area contributed by atoms with Crippen molar-refractivity contribution in [3.8, 4) is 11.8 Å². The van der Waals surface area contributed by atoms with Crippen LogP contribution in [0.1, 0.15) is 30.1 Å². The average Bonchev–Trinajstić information content (AvgIpc) is 2.97. The molecule has 0 saturated carbocycles. The van der Waals surface area contributed by atoms with Crippen LogP contribution in [0, 0.1) is 11.3 Å². The number of ether oxygens (including phenoxy) is 1. The van der Waals surface area contributed by atoms with Crippen molar-refractivity contribution in [1.29, 1.82) is 5.26 Å². The van der Waals surface area contributed by atoms with Crippen molar-refractivity contribution in [3.05, 3.63) is 41.4 Å². The summed E-state index contributed by atoms with van der Waals surface area (Å²) in [7, 11) is 5.67. The molecule has 1 unspecified atom stereocenters. The van der Waals surface area contributed by atoms with Gasteiger partial charge in [-0.25, -0.2) is 4.98 Å². The number of aryl methyl sites for hydroxylation is 1. The highest BCUT2D eigenvalue weighted by Crippen LogP contribution is 2.28. The summed E-state index contributed by atoms with van der Waals surface area (Å²) in [6, 6.07) is 10.0. The molecule has 6 heteroatoms. The van der Waals surface area contributed by atoms with E-state index >= 15 is 0 Å². The zero-order valence-electron chi connectivity index (χ0n) is 14.0. The molecule has 0 saturated heterocycles. The minimum absolute atomic E-state index is 0.0628. The number of methoxy groups -OCH3 is 1. The van der Waals surface area contributed by atoms with Gasteiger partial charge in [-0.05, 0) is 20.2 Å². The van der Waals surface area contributed by atoms with Gasteiger partial charge in [0.25, 0.3) is 0 Å². The normalized spacial score (nSPS) is 12.0. The fourth-order valence-electron chi connectivity index (χ4n) is 2.41. The first-order valence-electron chi connectivity index (χ1n) is 7.53. The van der Waals surface area contributed by atoms with E-state index in [1.165, 1.54) is 0 Å². The first-order valence-corrected chi connectivity index (χ1v) is 7.53. The van der Waals surface area contributed by atoms with Gasteiger partial charge in [0.15, 0.2) is 5.89 Å². The van der Waals surface area contributed by atoms with Gasteiger partial charge in [-0.2, -0.15) is 5.26 Å². The number of nitrogens with zero attached hydrogens (tertiary/aromatic N) is 3. The van der Waals surface area contributed by atoms with E-state index in [0.29, 0.717) is 30.4 Å². The monoisotopic (exact) mass is 314 g/mol. The smallest absolute Gasteiger partial charge is 0.232 e. The van der Waals surface area contributed by atoms with Crippen molar-refractivity contribution in [2.75, 3.05) is 33.1 Å². The van der Waals surface area contributed by atoms with Crippen LogP contribution in [0.5, 0.6) is 5.75 Å². The highest BCUT2D eigenvalue weighted by molar-refractivity contribution is 5.46. The molecule has 0 fully saturated rings. The SMILES string of the molecule is CCc1nc(C#N)c(NCC(c2ccccc2OC)N(C)C)o1. The first kappa shape index (κ1) is 16.8. The van der Waals surface area contributed by atoms with Crippen molar-refractivity contribution in [2.24, 2.45) is 0 Å². The number of rotatable bonds is 7. The van der Waals surface area contributed by atoms with Crippen LogP contribution in [0.15, 0.2) is 28.7 Å². The van der Waals surface area contributed by atoms with Gasteiger partial charge in [-0.3, -0.25) is 0 Å². The van der Waals surface area contributed by atoms with E-state index in [0.717, 1.165) is 11.3 Å². The van der Waals surface area contributed by atoms with Crippen LogP contribution >= 0.6 is 0 Å². The fraction of sp³-hybridized carbons (Fsp3) is 0.412. The molecule has 0 aliphatic rings. The molecule has 23 heavy (non-hydrogen) atoms. The predicted octanol–water partition coefficient (Wildman–Crippen LogP) is 2.83. The maximum atomic E-state index is 9.16. The van der Waals surface area contributed by atoms with E-state index in [9.17, 15) is 0 Å². The van der Waals surface area contributed by atoms with E-state index in [4.69, 9.17) is 14.4 Å². The molecule has 0 aliphatic carbocycles. The van der Waals surface area contributed by atoms with Crippen LogP contribution < -0.4 is 10.1 Å². The summed E-state index contributed by atoms with van der Waals surface area (Å²) in [5.74, 6) is 1.81. The molecule has 1 aromatic heterocycles. The maximum Gasteiger partial charge on any atom is 0.232 e. The Bertz CT molecular complexity index is 688. The summed E-state index contributed by atoms with van der Waals surface area (Å²) >= 11 is 0. The lowest BCUT2D eigenvalue weighted by Crippen LogP contribution is -2.27. The number of para-hydroxylation sites is 1. The molecule has 6 nitrogen and oxygen atoms in total. The molecule has 0 amide bonds. The first-order chi connectivity index (χ1) is 11.1. The Morgan fingerprint density at radius 1 is 1.39 bits per heavy atom. The number of benzene rings is 1. The van der Waals surface area contributed by atoms with E-state index in [1.807, 2.05) is 45.3 Å². The van der Waals surface area contributed by atoms with Crippen LogP contribution in [-0.4, -0.2) is 37.6 Å². The van der Waals surface area contributed by atoms with E-state index < -0.39 is 0 Å². The van der Waals surface area contributed by atoms with Gasteiger partial charge in [0, 0.05) is 18.5 Å². The molecule has 1 heterocycles. The zero-order valence-corrected chi connectivity index (χ0v) is 14.0. The van der Waals surface area contributed by atoms with Crippen molar-refractivity contribution in [2.45, 2.75) is 19.4 Å². The number of likely N-dealkylation sites (N-methyl/N-ethyl adjacent to an activating group) is 1. The quantitative estimate of drug-likeness (QED) is 0.847. The summed E-state index contributed by atoms with van der Waals surface area (Å²) in [5, 5.41) is 12.4. The van der Waals surface area contributed by atoms with Crippen molar-refractivity contribution < 1.29 is 9.15 Å². The van der Waals surface area contributed by atoms with E-state index in [2.05, 4.69) is 21.3 Å². The second-order valence-electron chi connectivity index (χ2n) is 5.35. The zero-order chi connectivity index (χ0) is 16.8.